The first-order chi connectivity index (χ1) is 12.3. The number of hydrogen-bond acceptors (Lipinski definition) is 6. The highest BCUT2D eigenvalue weighted by atomic mass is 16.5. The van der Waals surface area contributed by atoms with E-state index >= 15 is 0 Å². The van der Waals surface area contributed by atoms with Crippen LogP contribution in [0.5, 0.6) is 0 Å². The number of aryl methyl sites for hydroxylation is 1. The average molecular weight is 361 g/mol. The van der Waals surface area contributed by atoms with Crippen LogP contribution in [0.4, 0.5) is 0 Å². The average Bonchev–Trinajstić information content (AvgIpc) is 2.62. The van der Waals surface area contributed by atoms with Crippen LogP contribution in [0, 0.1) is 6.92 Å². The Labute approximate surface area is 151 Å². The van der Waals surface area contributed by atoms with E-state index in [1.165, 1.54) is 19.3 Å². The van der Waals surface area contributed by atoms with E-state index in [0.717, 1.165) is 17.3 Å². The molecular weight excluding hydrogens is 338 g/mol. The van der Waals surface area contributed by atoms with Gasteiger partial charge in [0.15, 0.2) is 0 Å². The number of aliphatic hydroxyl groups is 2. The highest BCUT2D eigenvalue weighted by Gasteiger charge is 2.17. The Hall–Kier alpha value is -2.97. The molecule has 0 aliphatic rings. The molecule has 1 aromatic rings. The molecule has 0 heterocycles. The van der Waals surface area contributed by atoms with Gasteiger partial charge in [-0.25, -0.2) is 5.48 Å². The zero-order chi connectivity index (χ0) is 19.7. The lowest BCUT2D eigenvalue weighted by Crippen LogP contribution is -2.27. The molecule has 1 aromatic carbocycles. The predicted octanol–water partition coefficient (Wildman–Crippen LogP) is 1.29. The van der Waals surface area contributed by atoms with E-state index in [0.29, 0.717) is 0 Å². The van der Waals surface area contributed by atoms with Crippen molar-refractivity contribution in [2.24, 2.45) is 4.99 Å². The Bertz CT molecular complexity index is 745. The van der Waals surface area contributed by atoms with E-state index in [2.05, 4.69) is 10.3 Å². The third kappa shape index (κ3) is 6.15. The van der Waals surface area contributed by atoms with Crippen LogP contribution >= 0.6 is 0 Å². The molecular formula is C18H23N3O5. The van der Waals surface area contributed by atoms with Gasteiger partial charge in [-0.15, -0.1) is 0 Å². The standard InChI is InChI=1S/C18H23N3O5/c1-11-4-6-14(7-5-11)8-20-18(25)15(16(10-22)13(3)23)9-19-12(2)17(24)21-26/h4-7,9,22-23,26H,8,10H2,1-3H3,(H,20,25)(H,21,24)/b15-9+,16-13+,19-12?. The number of benzene rings is 1. The van der Waals surface area contributed by atoms with Gasteiger partial charge in [-0.3, -0.25) is 19.8 Å². The summed E-state index contributed by atoms with van der Waals surface area (Å²) in [5.74, 6) is -1.66. The molecule has 0 spiro atoms. The van der Waals surface area contributed by atoms with E-state index in [1.807, 2.05) is 31.2 Å². The smallest absolute Gasteiger partial charge is 0.288 e. The minimum atomic E-state index is -0.837. The van der Waals surface area contributed by atoms with Gasteiger partial charge in [0.05, 0.1) is 17.9 Å². The number of amides is 2. The Kier molecular flexibility index (Phi) is 8.20. The van der Waals surface area contributed by atoms with E-state index in [-0.39, 0.29) is 29.2 Å². The summed E-state index contributed by atoms with van der Waals surface area (Å²) in [5.41, 5.74) is 3.17. The number of hydrogen-bond donors (Lipinski definition) is 5. The molecule has 0 unspecified atom stereocenters. The fourth-order valence-corrected chi connectivity index (χ4v) is 1.95. The Morgan fingerprint density at radius 3 is 2.27 bits per heavy atom. The molecule has 140 valence electrons. The van der Waals surface area contributed by atoms with Crippen molar-refractivity contribution in [1.82, 2.24) is 10.8 Å². The summed E-state index contributed by atoms with van der Waals surface area (Å²) in [6, 6.07) is 7.56. The summed E-state index contributed by atoms with van der Waals surface area (Å²) < 4.78 is 0. The number of carbonyl (C=O) groups excluding carboxylic acids is 2. The predicted molar refractivity (Wildman–Crippen MR) is 96.6 cm³/mol. The molecule has 8 nitrogen and oxygen atoms in total. The first-order valence-electron chi connectivity index (χ1n) is 7.82. The van der Waals surface area contributed by atoms with E-state index in [1.54, 1.807) is 0 Å². The largest absolute Gasteiger partial charge is 0.512 e. The minimum absolute atomic E-state index is 0.0210. The van der Waals surface area contributed by atoms with Crippen molar-refractivity contribution in [3.63, 3.8) is 0 Å². The van der Waals surface area contributed by atoms with Crippen LogP contribution in [-0.2, 0) is 16.1 Å². The second kappa shape index (κ2) is 10.1. The van der Waals surface area contributed by atoms with Crippen molar-refractivity contribution in [2.45, 2.75) is 27.3 Å². The van der Waals surface area contributed by atoms with Gasteiger partial charge in [-0.2, -0.15) is 0 Å². The molecule has 0 fully saturated rings. The molecule has 5 N–H and O–H groups in total. The second-order valence-electron chi connectivity index (χ2n) is 5.59. The number of rotatable bonds is 7. The topological polar surface area (TPSA) is 131 Å². The molecule has 0 aliphatic carbocycles. The first kappa shape index (κ1) is 21.1. The SMILES string of the molecule is CC(=N/C=C(C(=O)NCc1ccc(C)cc1)\C(CO)=C(/C)O)C(=O)NO. The van der Waals surface area contributed by atoms with Gasteiger partial charge in [-0.1, -0.05) is 29.8 Å². The lowest BCUT2D eigenvalue weighted by Gasteiger charge is -2.11. The monoisotopic (exact) mass is 361 g/mol. The molecule has 0 radical (unpaired) electrons. The number of carbonyl (C=O) groups is 2. The van der Waals surface area contributed by atoms with E-state index in [9.17, 15) is 19.8 Å². The summed E-state index contributed by atoms with van der Waals surface area (Å²) in [4.78, 5) is 27.6. The third-order valence-corrected chi connectivity index (χ3v) is 3.56. The maximum atomic E-state index is 12.5. The zero-order valence-electron chi connectivity index (χ0n) is 14.9. The quantitative estimate of drug-likeness (QED) is 0.125. The molecule has 0 atom stereocenters. The fraction of sp³-hybridized carbons (Fsp3) is 0.278. The lowest BCUT2D eigenvalue weighted by molar-refractivity contribution is -0.122. The third-order valence-electron chi connectivity index (χ3n) is 3.56. The molecule has 0 saturated heterocycles. The highest BCUT2D eigenvalue weighted by Crippen LogP contribution is 2.14. The second-order valence-corrected chi connectivity index (χ2v) is 5.59. The van der Waals surface area contributed by atoms with Gasteiger partial charge >= 0.3 is 0 Å². The van der Waals surface area contributed by atoms with Crippen LogP contribution in [0.25, 0.3) is 0 Å². The van der Waals surface area contributed by atoms with Gasteiger partial charge in [0.2, 0.25) is 0 Å². The van der Waals surface area contributed by atoms with Crippen molar-refractivity contribution in [3.8, 4) is 0 Å². The minimum Gasteiger partial charge on any atom is -0.512 e. The summed E-state index contributed by atoms with van der Waals surface area (Å²) in [5, 5.41) is 30.4. The van der Waals surface area contributed by atoms with Gasteiger partial charge in [-0.05, 0) is 26.3 Å². The number of allylic oxidation sites excluding steroid dienone is 1. The fourth-order valence-electron chi connectivity index (χ4n) is 1.95. The summed E-state index contributed by atoms with van der Waals surface area (Å²) in [6.45, 7) is 4.25. The zero-order valence-corrected chi connectivity index (χ0v) is 14.9. The number of aliphatic hydroxyl groups excluding tert-OH is 2. The van der Waals surface area contributed by atoms with Crippen LogP contribution in [0.3, 0.4) is 0 Å². The molecule has 0 aliphatic heterocycles. The highest BCUT2D eigenvalue weighted by molar-refractivity contribution is 6.37. The molecule has 8 heteroatoms. The Morgan fingerprint density at radius 2 is 1.77 bits per heavy atom. The number of hydroxylamine groups is 1. The Balaban J connectivity index is 3.07. The van der Waals surface area contributed by atoms with Gasteiger partial charge < -0.3 is 15.5 Å². The summed E-state index contributed by atoms with van der Waals surface area (Å²) >= 11 is 0. The van der Waals surface area contributed by atoms with E-state index in [4.69, 9.17) is 5.21 Å². The molecule has 2 amide bonds. The molecule has 0 bridgehead atoms. The van der Waals surface area contributed by atoms with Crippen molar-refractivity contribution in [3.05, 3.63) is 58.5 Å². The summed E-state index contributed by atoms with van der Waals surface area (Å²) in [7, 11) is 0. The summed E-state index contributed by atoms with van der Waals surface area (Å²) in [6.07, 6.45) is 1.06. The van der Waals surface area contributed by atoms with Crippen LogP contribution in [0.1, 0.15) is 25.0 Å². The molecule has 26 heavy (non-hydrogen) atoms. The molecule has 0 saturated carbocycles. The molecule has 1 rings (SSSR count). The van der Waals surface area contributed by atoms with Crippen molar-refractivity contribution >= 4 is 17.5 Å². The van der Waals surface area contributed by atoms with Crippen LogP contribution in [-0.4, -0.2) is 39.6 Å². The van der Waals surface area contributed by atoms with Crippen molar-refractivity contribution in [1.29, 1.82) is 0 Å². The normalized spacial score (nSPS) is 13.1. The van der Waals surface area contributed by atoms with Crippen LogP contribution in [0.15, 0.2) is 52.4 Å². The first-order valence-corrected chi connectivity index (χ1v) is 7.82. The maximum Gasteiger partial charge on any atom is 0.288 e. The molecule has 0 aromatic heterocycles. The van der Waals surface area contributed by atoms with Gasteiger partial charge in [0, 0.05) is 18.3 Å². The van der Waals surface area contributed by atoms with Crippen molar-refractivity contribution in [2.75, 3.05) is 6.61 Å². The van der Waals surface area contributed by atoms with Crippen LogP contribution in [0.2, 0.25) is 0 Å². The van der Waals surface area contributed by atoms with Gasteiger partial charge in [0.1, 0.15) is 5.71 Å². The van der Waals surface area contributed by atoms with Gasteiger partial charge in [0.25, 0.3) is 11.8 Å². The number of nitrogens with zero attached hydrogens (tertiary/aromatic N) is 1. The maximum absolute atomic E-state index is 12.5. The number of nitrogens with one attached hydrogen (secondary N) is 2. The van der Waals surface area contributed by atoms with Crippen LogP contribution < -0.4 is 10.8 Å². The van der Waals surface area contributed by atoms with Crippen molar-refractivity contribution < 1.29 is 25.0 Å². The lowest BCUT2D eigenvalue weighted by atomic mass is 10.1. The van der Waals surface area contributed by atoms with E-state index < -0.39 is 18.4 Å². The number of aliphatic imine (C=N–C) groups is 1. The Morgan fingerprint density at radius 1 is 1.15 bits per heavy atom.